The minimum Gasteiger partial charge on any atom is -0.450 e. The van der Waals surface area contributed by atoms with E-state index in [2.05, 4.69) is 10.3 Å². The van der Waals surface area contributed by atoms with Crippen molar-refractivity contribution in [2.24, 2.45) is 0 Å². The van der Waals surface area contributed by atoms with Crippen LogP contribution in [0.3, 0.4) is 0 Å². The predicted molar refractivity (Wildman–Crippen MR) is 106 cm³/mol. The molecule has 6 heteroatoms. The number of carbonyl (C=O) groups excluding carboxylic acids is 1. The molecule has 4 nitrogen and oxygen atoms in total. The number of nitrogens with zero attached hydrogens (tertiary/aromatic N) is 1. The number of thiazole rings is 1. The number of nitrogens with one attached hydrogen (secondary N) is 1. The lowest BCUT2D eigenvalue weighted by atomic mass is 10.1. The second-order valence-electron chi connectivity index (χ2n) is 6.30. The van der Waals surface area contributed by atoms with Crippen molar-refractivity contribution < 1.29 is 13.6 Å². The highest BCUT2D eigenvalue weighted by Crippen LogP contribution is 2.33. The zero-order chi connectivity index (χ0) is 18.5. The summed E-state index contributed by atoms with van der Waals surface area (Å²) in [4.78, 5) is 17.1. The van der Waals surface area contributed by atoms with Gasteiger partial charge in [-0.05, 0) is 30.5 Å². The fraction of sp³-hybridized carbons (Fsp3) is 0.0476. The van der Waals surface area contributed by atoms with E-state index >= 15 is 0 Å². The third-order valence-electron chi connectivity index (χ3n) is 4.61. The molecule has 5 aromatic rings. The Kier molecular flexibility index (Phi) is 3.48. The molecule has 0 unspecified atom stereocenters. The van der Waals surface area contributed by atoms with Crippen LogP contribution < -0.4 is 5.32 Å². The Hall–Kier alpha value is -3.25. The summed E-state index contributed by atoms with van der Waals surface area (Å²) in [5.74, 6) is -0.442. The Balaban J connectivity index is 1.56. The summed E-state index contributed by atoms with van der Waals surface area (Å²) in [5.41, 5.74) is 2.12. The Labute approximate surface area is 157 Å². The third-order valence-corrected chi connectivity index (χ3v) is 5.54. The lowest BCUT2D eigenvalue weighted by Gasteiger charge is -1.98. The summed E-state index contributed by atoms with van der Waals surface area (Å²) in [5, 5.41) is 6.10. The van der Waals surface area contributed by atoms with Crippen LogP contribution in [0.4, 0.5) is 9.52 Å². The van der Waals surface area contributed by atoms with Crippen LogP contribution >= 0.6 is 11.3 Å². The fourth-order valence-electron chi connectivity index (χ4n) is 3.27. The number of halogens is 1. The summed E-state index contributed by atoms with van der Waals surface area (Å²) in [6, 6.07) is 16.2. The van der Waals surface area contributed by atoms with E-state index in [-0.39, 0.29) is 17.5 Å². The molecular formula is C21H13FN2O2S. The first kappa shape index (κ1) is 16.0. The van der Waals surface area contributed by atoms with E-state index in [1.54, 1.807) is 6.07 Å². The molecule has 1 amide bonds. The highest BCUT2D eigenvalue weighted by molar-refractivity contribution is 7.22. The largest absolute Gasteiger partial charge is 0.450 e. The molecule has 0 saturated heterocycles. The van der Waals surface area contributed by atoms with Gasteiger partial charge in [0.2, 0.25) is 0 Å². The summed E-state index contributed by atoms with van der Waals surface area (Å²) < 4.78 is 20.0. The molecule has 0 atom stereocenters. The molecular weight excluding hydrogens is 363 g/mol. The van der Waals surface area contributed by atoms with Gasteiger partial charge in [-0.25, -0.2) is 9.37 Å². The van der Waals surface area contributed by atoms with Gasteiger partial charge in [0.05, 0.1) is 10.2 Å². The molecule has 0 aliphatic carbocycles. The monoisotopic (exact) mass is 376 g/mol. The van der Waals surface area contributed by atoms with Crippen molar-refractivity contribution >= 4 is 54.3 Å². The van der Waals surface area contributed by atoms with Gasteiger partial charge in [-0.3, -0.25) is 10.1 Å². The predicted octanol–water partition coefficient (Wildman–Crippen LogP) is 5.90. The van der Waals surface area contributed by atoms with Crippen LogP contribution in [-0.2, 0) is 0 Å². The molecule has 27 heavy (non-hydrogen) atoms. The van der Waals surface area contributed by atoms with Crippen molar-refractivity contribution in [3.05, 3.63) is 71.7 Å². The van der Waals surface area contributed by atoms with Crippen molar-refractivity contribution in [1.82, 2.24) is 4.98 Å². The number of rotatable bonds is 2. The van der Waals surface area contributed by atoms with Gasteiger partial charge in [0, 0.05) is 16.3 Å². The van der Waals surface area contributed by atoms with Gasteiger partial charge < -0.3 is 4.42 Å². The van der Waals surface area contributed by atoms with Crippen LogP contribution in [-0.4, -0.2) is 10.9 Å². The highest BCUT2D eigenvalue weighted by Gasteiger charge is 2.20. The molecule has 0 fully saturated rings. The SMILES string of the molecule is Cc1c(C(=O)Nc2nc3ccc(F)cc3s2)oc2c1ccc1ccccc12. The topological polar surface area (TPSA) is 55.1 Å². The third kappa shape index (κ3) is 2.57. The molecule has 0 saturated carbocycles. The second kappa shape index (κ2) is 5.89. The van der Waals surface area contributed by atoms with Gasteiger partial charge in [-0.2, -0.15) is 0 Å². The fourth-order valence-corrected chi connectivity index (χ4v) is 4.16. The molecule has 132 valence electrons. The van der Waals surface area contributed by atoms with Crippen LogP contribution in [0.2, 0.25) is 0 Å². The number of carbonyl (C=O) groups is 1. The lowest BCUT2D eigenvalue weighted by molar-refractivity contribution is 0.0998. The van der Waals surface area contributed by atoms with Crippen molar-refractivity contribution in [1.29, 1.82) is 0 Å². The molecule has 2 aromatic heterocycles. The first-order chi connectivity index (χ1) is 13.1. The minimum absolute atomic E-state index is 0.256. The Morgan fingerprint density at radius 1 is 1.11 bits per heavy atom. The molecule has 0 spiro atoms. The Morgan fingerprint density at radius 3 is 2.85 bits per heavy atom. The average molecular weight is 376 g/mol. The number of benzene rings is 3. The van der Waals surface area contributed by atoms with Crippen molar-refractivity contribution in [3.8, 4) is 0 Å². The number of furan rings is 1. The quantitative estimate of drug-likeness (QED) is 0.418. The van der Waals surface area contributed by atoms with E-state index in [1.807, 2.05) is 43.3 Å². The first-order valence-corrected chi connectivity index (χ1v) is 9.20. The van der Waals surface area contributed by atoms with Gasteiger partial charge in [0.25, 0.3) is 5.91 Å². The molecule has 1 N–H and O–H groups in total. The normalized spacial score (nSPS) is 11.5. The van der Waals surface area contributed by atoms with Gasteiger partial charge in [-0.15, -0.1) is 0 Å². The number of fused-ring (bicyclic) bond motifs is 4. The van der Waals surface area contributed by atoms with Crippen LogP contribution in [0.15, 0.2) is 59.0 Å². The number of anilines is 1. The lowest BCUT2D eigenvalue weighted by Crippen LogP contribution is -2.11. The first-order valence-electron chi connectivity index (χ1n) is 8.38. The standard InChI is InChI=1S/C21H13FN2O2S/c1-11-14-8-6-12-4-2-3-5-15(12)19(14)26-18(11)20(25)24-21-23-16-9-7-13(22)10-17(16)27-21/h2-10H,1H3,(H,23,24,25). The summed E-state index contributed by atoms with van der Waals surface area (Å²) in [7, 11) is 0. The maximum Gasteiger partial charge on any atom is 0.293 e. The number of hydrogen-bond acceptors (Lipinski definition) is 4. The zero-order valence-corrected chi connectivity index (χ0v) is 15.1. The van der Waals surface area contributed by atoms with Crippen LogP contribution in [0.1, 0.15) is 16.1 Å². The van der Waals surface area contributed by atoms with Crippen molar-refractivity contribution in [2.45, 2.75) is 6.92 Å². The number of aryl methyl sites for hydroxylation is 1. The van der Waals surface area contributed by atoms with E-state index in [4.69, 9.17) is 4.42 Å². The molecule has 0 aliphatic heterocycles. The van der Waals surface area contributed by atoms with Gasteiger partial charge >= 0.3 is 0 Å². The van der Waals surface area contributed by atoms with Crippen molar-refractivity contribution in [2.75, 3.05) is 5.32 Å². The van der Waals surface area contributed by atoms with E-state index < -0.39 is 0 Å². The number of hydrogen-bond donors (Lipinski definition) is 1. The second-order valence-corrected chi connectivity index (χ2v) is 7.34. The molecule has 0 bridgehead atoms. The summed E-state index contributed by atoms with van der Waals surface area (Å²) in [6.45, 7) is 1.86. The number of amides is 1. The van der Waals surface area contributed by atoms with Crippen LogP contribution in [0.25, 0.3) is 32.0 Å². The minimum atomic E-state index is -0.368. The summed E-state index contributed by atoms with van der Waals surface area (Å²) >= 11 is 1.23. The smallest absolute Gasteiger partial charge is 0.293 e. The molecule has 0 aliphatic rings. The molecule has 0 radical (unpaired) electrons. The van der Waals surface area contributed by atoms with Crippen molar-refractivity contribution in [3.63, 3.8) is 0 Å². The Bertz CT molecular complexity index is 1350. The number of aromatic nitrogens is 1. The van der Waals surface area contributed by atoms with E-state index in [1.165, 1.54) is 23.5 Å². The van der Waals surface area contributed by atoms with Crippen LogP contribution in [0.5, 0.6) is 0 Å². The van der Waals surface area contributed by atoms with Gasteiger partial charge in [-0.1, -0.05) is 47.7 Å². The van der Waals surface area contributed by atoms with Gasteiger partial charge in [0.1, 0.15) is 11.4 Å². The molecule has 5 rings (SSSR count). The van der Waals surface area contributed by atoms with E-state index in [0.717, 1.165) is 21.7 Å². The zero-order valence-electron chi connectivity index (χ0n) is 14.2. The average Bonchev–Trinajstić information content (AvgIpc) is 3.22. The van der Waals surface area contributed by atoms with E-state index in [0.29, 0.717) is 20.9 Å². The van der Waals surface area contributed by atoms with E-state index in [9.17, 15) is 9.18 Å². The maximum absolute atomic E-state index is 13.3. The maximum atomic E-state index is 13.3. The van der Waals surface area contributed by atoms with Gasteiger partial charge in [0.15, 0.2) is 10.9 Å². The Morgan fingerprint density at radius 2 is 1.96 bits per heavy atom. The highest BCUT2D eigenvalue weighted by atomic mass is 32.1. The summed E-state index contributed by atoms with van der Waals surface area (Å²) in [6.07, 6.45) is 0. The molecule has 2 heterocycles. The van der Waals surface area contributed by atoms with Crippen LogP contribution in [0, 0.1) is 12.7 Å². The molecule has 3 aromatic carbocycles.